The molecule has 1 heterocycles. The van der Waals surface area contributed by atoms with Crippen LogP contribution in [0.4, 0.5) is 0 Å². The summed E-state index contributed by atoms with van der Waals surface area (Å²) in [5.41, 5.74) is 15.1. The van der Waals surface area contributed by atoms with Gasteiger partial charge in [0.15, 0.2) is 6.29 Å². The van der Waals surface area contributed by atoms with Gasteiger partial charge in [0, 0.05) is 20.2 Å². The van der Waals surface area contributed by atoms with E-state index in [1.165, 1.54) is 39.6 Å². The number of rotatable bonds is 5. The number of nitrogens with zero attached hydrogens (tertiary/aromatic N) is 2. The number of nitrogens with two attached hydrogens (primary N) is 3. The van der Waals surface area contributed by atoms with E-state index >= 15 is 0 Å². The summed E-state index contributed by atoms with van der Waals surface area (Å²) in [5.74, 6) is 2.15. The molecule has 0 aliphatic carbocycles. The number of aldehydes is 2. The van der Waals surface area contributed by atoms with Gasteiger partial charge < -0.3 is 26.8 Å². The summed E-state index contributed by atoms with van der Waals surface area (Å²) in [5, 5.41) is 0. The summed E-state index contributed by atoms with van der Waals surface area (Å²) in [6.45, 7) is 5.25. The van der Waals surface area contributed by atoms with Crippen LogP contribution in [0.25, 0.3) is 0 Å². The second kappa shape index (κ2) is 20.6. The van der Waals surface area contributed by atoms with E-state index in [0.29, 0.717) is 18.6 Å². The molecule has 0 bridgehead atoms. The molecule has 0 saturated carbocycles. The average molecular weight is 367 g/mol. The number of hydrogen-bond donors (Lipinski definition) is 3. The number of ether oxygens (including phenoxy) is 1. The van der Waals surface area contributed by atoms with Crippen LogP contribution < -0.4 is 17.2 Å². The van der Waals surface area contributed by atoms with Crippen molar-refractivity contribution in [2.75, 3.05) is 41.4 Å². The molecule has 8 heteroatoms. The van der Waals surface area contributed by atoms with Crippen LogP contribution in [-0.4, -0.2) is 70.8 Å². The molecule has 8 nitrogen and oxygen atoms in total. The predicted octanol–water partition coefficient (Wildman–Crippen LogP) is -0.308. The molecule has 0 spiro atoms. The fraction of sp³-hybridized carbons (Fsp3) is 0.500. The van der Waals surface area contributed by atoms with E-state index in [-0.39, 0.29) is 17.1 Å². The number of methoxy groups -OCH3 is 1. The highest BCUT2D eigenvalue weighted by Gasteiger charge is 2.19. The number of terminal acetylenes is 1. The first-order valence-corrected chi connectivity index (χ1v) is 7.90. The molecule has 6 N–H and O–H groups in total. The number of likely N-dealkylation sites (tertiary alicyclic amines) is 1. The Bertz CT molecular complexity index is 490. The van der Waals surface area contributed by atoms with Gasteiger partial charge in [-0.15, -0.1) is 6.42 Å². The Morgan fingerprint density at radius 3 is 2.23 bits per heavy atom. The minimum atomic E-state index is 0.00287. The highest BCUT2D eigenvalue weighted by Crippen LogP contribution is 2.13. The van der Waals surface area contributed by atoms with Crippen molar-refractivity contribution in [1.82, 2.24) is 4.90 Å². The summed E-state index contributed by atoms with van der Waals surface area (Å²) in [4.78, 5) is 25.3. The summed E-state index contributed by atoms with van der Waals surface area (Å²) in [6.07, 6.45) is 9.90. The zero-order valence-electron chi connectivity index (χ0n) is 16.3. The van der Waals surface area contributed by atoms with Gasteiger partial charge in [-0.3, -0.25) is 14.6 Å². The van der Waals surface area contributed by atoms with Crippen molar-refractivity contribution >= 4 is 18.4 Å². The molecular weight excluding hydrogens is 334 g/mol. The van der Waals surface area contributed by atoms with Gasteiger partial charge in [0.1, 0.15) is 12.1 Å². The molecule has 0 radical (unpaired) electrons. The molecule has 1 saturated heterocycles. The number of amidine groups is 1. The van der Waals surface area contributed by atoms with Crippen molar-refractivity contribution in [2.24, 2.45) is 22.2 Å². The maximum atomic E-state index is 10.3. The Hall–Kier alpha value is -2.47. The van der Waals surface area contributed by atoms with Crippen molar-refractivity contribution in [3.05, 3.63) is 23.9 Å². The summed E-state index contributed by atoms with van der Waals surface area (Å²) in [6, 6.07) is 0.690. The first-order chi connectivity index (χ1) is 12.4. The monoisotopic (exact) mass is 367 g/mol. The molecule has 0 aromatic carbocycles. The van der Waals surface area contributed by atoms with Gasteiger partial charge in [0.05, 0.1) is 17.9 Å². The smallest absolute Gasteiger partial charge is 0.156 e. The first-order valence-electron chi connectivity index (χ1n) is 7.90. The summed E-state index contributed by atoms with van der Waals surface area (Å²) >= 11 is 0. The average Bonchev–Trinajstić information content (AvgIpc) is 3.09. The van der Waals surface area contributed by atoms with Crippen LogP contribution in [0.5, 0.6) is 0 Å². The number of likely N-dealkylation sites (N-methyl/N-ethyl adjacent to an activating group) is 1. The normalized spacial score (nSPS) is 16.8. The van der Waals surface area contributed by atoms with E-state index in [1.807, 2.05) is 0 Å². The third kappa shape index (κ3) is 13.9. The topological polar surface area (TPSA) is 137 Å². The molecule has 26 heavy (non-hydrogen) atoms. The lowest BCUT2D eigenvalue weighted by atomic mass is 10.2. The zero-order chi connectivity index (χ0) is 21.0. The Kier molecular flexibility index (Phi) is 22.4. The molecule has 0 amide bonds. The third-order valence-electron chi connectivity index (χ3n) is 3.21. The van der Waals surface area contributed by atoms with Crippen LogP contribution in [-0.2, 0) is 14.3 Å². The van der Waals surface area contributed by atoms with E-state index in [2.05, 4.69) is 35.2 Å². The summed E-state index contributed by atoms with van der Waals surface area (Å²) in [7, 11) is 6.88. The number of allylic oxidation sites excluding steroid dienone is 2. The molecule has 1 aliphatic heterocycles. The largest absolute Gasteiger partial charge is 0.391 e. The van der Waals surface area contributed by atoms with Crippen molar-refractivity contribution in [2.45, 2.75) is 18.9 Å². The highest BCUT2D eigenvalue weighted by molar-refractivity contribution is 6.13. The van der Waals surface area contributed by atoms with Crippen molar-refractivity contribution in [3.63, 3.8) is 0 Å². The second-order valence-electron chi connectivity index (χ2n) is 4.80. The maximum Gasteiger partial charge on any atom is 0.156 e. The number of aliphatic imine (C=N–C) groups is 1. The van der Waals surface area contributed by atoms with Crippen LogP contribution in [0.2, 0.25) is 0 Å². The van der Waals surface area contributed by atoms with E-state index in [4.69, 9.17) is 27.4 Å². The molecule has 1 rings (SSSR count). The molecule has 1 aliphatic rings. The van der Waals surface area contributed by atoms with Gasteiger partial charge in [0.2, 0.25) is 0 Å². The Balaban J connectivity index is -0.000000316. The SMILES string of the molecule is C#C/C(N)=C(\C=O)C(N)=NC.C=CC=O.CN.COCC1CCCN1C. The van der Waals surface area contributed by atoms with Crippen LogP contribution in [0.1, 0.15) is 12.8 Å². The fourth-order valence-corrected chi connectivity index (χ4v) is 1.84. The lowest BCUT2D eigenvalue weighted by molar-refractivity contribution is -0.105. The standard InChI is InChI=1S/C7H9N3O.C7H15NO.C3H4O.CH5N/c1-3-6(8)5(4-11)7(9)10-2;1-8-5-3-4-7(8)6-9-2;1-2-3-4;1-2/h1,4H,8H2,2H3,(H2,9,10);7H,3-6H2,1-2H3;2-3H,1H2;2H2,1H3/b6-5-;;;. The molecule has 1 atom stereocenters. The number of carbonyl (C=O) groups is 2. The lowest BCUT2D eigenvalue weighted by Gasteiger charge is -2.17. The summed E-state index contributed by atoms with van der Waals surface area (Å²) < 4.78 is 5.05. The molecule has 148 valence electrons. The van der Waals surface area contributed by atoms with E-state index in [9.17, 15) is 4.79 Å². The molecule has 1 unspecified atom stereocenters. The van der Waals surface area contributed by atoms with E-state index in [1.54, 1.807) is 7.11 Å². The highest BCUT2D eigenvalue weighted by atomic mass is 16.5. The Labute approximate surface area is 157 Å². The molecular formula is C18H33N5O3. The quantitative estimate of drug-likeness (QED) is 0.199. The second-order valence-corrected chi connectivity index (χ2v) is 4.80. The Morgan fingerprint density at radius 1 is 1.42 bits per heavy atom. The van der Waals surface area contributed by atoms with Crippen LogP contribution >= 0.6 is 0 Å². The van der Waals surface area contributed by atoms with Crippen molar-refractivity contribution < 1.29 is 14.3 Å². The number of carbonyl (C=O) groups excluding carboxylic acids is 2. The Morgan fingerprint density at radius 2 is 1.96 bits per heavy atom. The first kappa shape index (κ1) is 28.3. The van der Waals surface area contributed by atoms with Gasteiger partial charge in [-0.25, -0.2) is 0 Å². The minimum Gasteiger partial charge on any atom is -0.391 e. The van der Waals surface area contributed by atoms with Gasteiger partial charge in [-0.2, -0.15) is 0 Å². The van der Waals surface area contributed by atoms with Crippen LogP contribution in [0.15, 0.2) is 28.9 Å². The lowest BCUT2D eigenvalue weighted by Crippen LogP contribution is -2.28. The number of hydrogen-bond acceptors (Lipinski definition) is 7. The minimum absolute atomic E-state index is 0.00287. The van der Waals surface area contributed by atoms with Crippen molar-refractivity contribution in [3.8, 4) is 12.3 Å². The van der Waals surface area contributed by atoms with Crippen molar-refractivity contribution in [1.29, 1.82) is 0 Å². The van der Waals surface area contributed by atoms with Crippen LogP contribution in [0.3, 0.4) is 0 Å². The molecule has 0 aromatic rings. The third-order valence-corrected chi connectivity index (χ3v) is 3.21. The zero-order valence-corrected chi connectivity index (χ0v) is 16.3. The predicted molar refractivity (Wildman–Crippen MR) is 108 cm³/mol. The van der Waals surface area contributed by atoms with Crippen LogP contribution in [0, 0.1) is 12.3 Å². The van der Waals surface area contributed by atoms with Gasteiger partial charge in [-0.05, 0) is 39.6 Å². The van der Waals surface area contributed by atoms with Gasteiger partial charge >= 0.3 is 0 Å². The molecule has 0 aromatic heterocycles. The van der Waals surface area contributed by atoms with E-state index in [0.717, 1.165) is 6.61 Å². The molecule has 1 fully saturated rings. The fourth-order valence-electron chi connectivity index (χ4n) is 1.84. The maximum absolute atomic E-state index is 10.3. The van der Waals surface area contributed by atoms with E-state index < -0.39 is 0 Å². The van der Waals surface area contributed by atoms with Gasteiger partial charge in [0.25, 0.3) is 0 Å². The van der Waals surface area contributed by atoms with Gasteiger partial charge in [-0.1, -0.05) is 12.5 Å².